The van der Waals surface area contributed by atoms with Gasteiger partial charge in [-0.15, -0.1) is 0 Å². The molecule has 100 valence electrons. The van der Waals surface area contributed by atoms with Crippen LogP contribution in [0.5, 0.6) is 0 Å². The Labute approximate surface area is 97.0 Å². The van der Waals surface area contributed by atoms with Crippen LogP contribution in [0.1, 0.15) is 6.42 Å². The van der Waals surface area contributed by atoms with Gasteiger partial charge >= 0.3 is 0 Å². The zero-order valence-corrected chi connectivity index (χ0v) is 9.24. The zero-order chi connectivity index (χ0) is 12.3. The Morgan fingerprint density at radius 1 is 1.18 bits per heavy atom. The SMILES string of the molecule is FC(F)CC(F)(COCC1CO1)OCC1CO1. The number of halogens is 3. The molecule has 0 aromatic heterocycles. The molecule has 7 heteroatoms. The van der Waals surface area contributed by atoms with E-state index < -0.39 is 25.3 Å². The van der Waals surface area contributed by atoms with Crippen molar-refractivity contribution >= 4 is 0 Å². The number of hydrogen-bond acceptors (Lipinski definition) is 4. The van der Waals surface area contributed by atoms with E-state index in [0.29, 0.717) is 13.2 Å². The van der Waals surface area contributed by atoms with Crippen molar-refractivity contribution in [1.82, 2.24) is 0 Å². The van der Waals surface area contributed by atoms with E-state index in [9.17, 15) is 13.2 Å². The number of ether oxygens (including phenoxy) is 4. The van der Waals surface area contributed by atoms with Gasteiger partial charge in [0, 0.05) is 0 Å². The van der Waals surface area contributed by atoms with E-state index >= 15 is 0 Å². The van der Waals surface area contributed by atoms with E-state index in [1.807, 2.05) is 0 Å². The van der Waals surface area contributed by atoms with Gasteiger partial charge in [-0.25, -0.2) is 13.2 Å². The summed E-state index contributed by atoms with van der Waals surface area (Å²) in [6.45, 7) is 0.737. The molecule has 3 unspecified atom stereocenters. The lowest BCUT2D eigenvalue weighted by Crippen LogP contribution is -2.37. The van der Waals surface area contributed by atoms with Crippen LogP contribution in [-0.4, -0.2) is 57.5 Å². The van der Waals surface area contributed by atoms with Crippen LogP contribution in [0.15, 0.2) is 0 Å². The molecule has 2 saturated heterocycles. The highest BCUT2D eigenvalue weighted by Gasteiger charge is 2.38. The smallest absolute Gasteiger partial charge is 0.244 e. The fraction of sp³-hybridized carbons (Fsp3) is 1.00. The van der Waals surface area contributed by atoms with Crippen molar-refractivity contribution in [3.63, 3.8) is 0 Å². The van der Waals surface area contributed by atoms with Gasteiger partial charge in [-0.3, -0.25) is 0 Å². The summed E-state index contributed by atoms with van der Waals surface area (Å²) in [7, 11) is 0. The first kappa shape index (κ1) is 13.1. The maximum atomic E-state index is 14.0. The van der Waals surface area contributed by atoms with Gasteiger partial charge in [-0.1, -0.05) is 0 Å². The van der Waals surface area contributed by atoms with Crippen LogP contribution < -0.4 is 0 Å². The molecule has 2 rings (SSSR count). The number of alkyl halides is 3. The molecule has 2 aliphatic rings. The molecule has 0 amide bonds. The van der Waals surface area contributed by atoms with E-state index in [0.717, 1.165) is 0 Å². The monoisotopic (exact) mass is 256 g/mol. The van der Waals surface area contributed by atoms with E-state index in [1.165, 1.54) is 0 Å². The van der Waals surface area contributed by atoms with Crippen LogP contribution in [0, 0.1) is 0 Å². The molecule has 0 aliphatic carbocycles. The zero-order valence-electron chi connectivity index (χ0n) is 9.24. The van der Waals surface area contributed by atoms with Crippen molar-refractivity contribution in [2.75, 3.05) is 33.0 Å². The van der Waals surface area contributed by atoms with Crippen LogP contribution in [0.2, 0.25) is 0 Å². The van der Waals surface area contributed by atoms with E-state index in [1.54, 1.807) is 0 Å². The quantitative estimate of drug-likeness (QED) is 0.580. The maximum Gasteiger partial charge on any atom is 0.244 e. The highest BCUT2D eigenvalue weighted by molar-refractivity contribution is 4.75. The van der Waals surface area contributed by atoms with Crippen LogP contribution >= 0.6 is 0 Å². The molecule has 2 heterocycles. The summed E-state index contributed by atoms with van der Waals surface area (Å²) in [5.41, 5.74) is 0. The van der Waals surface area contributed by atoms with Crippen molar-refractivity contribution in [2.24, 2.45) is 0 Å². The van der Waals surface area contributed by atoms with Crippen LogP contribution in [0.4, 0.5) is 13.2 Å². The minimum Gasteiger partial charge on any atom is -0.373 e. The molecule has 0 radical (unpaired) electrons. The molecule has 0 spiro atoms. The fourth-order valence-electron chi connectivity index (χ4n) is 1.30. The lowest BCUT2D eigenvalue weighted by atomic mass is 10.2. The Balaban J connectivity index is 1.71. The van der Waals surface area contributed by atoms with Crippen LogP contribution in [0.25, 0.3) is 0 Å². The summed E-state index contributed by atoms with van der Waals surface area (Å²) in [6, 6.07) is 0. The summed E-state index contributed by atoms with van der Waals surface area (Å²) in [5.74, 6) is -2.45. The average Bonchev–Trinajstić information content (AvgIpc) is 3.10. The molecule has 2 fully saturated rings. The summed E-state index contributed by atoms with van der Waals surface area (Å²) in [6.07, 6.45) is -3.97. The summed E-state index contributed by atoms with van der Waals surface area (Å²) >= 11 is 0. The van der Waals surface area contributed by atoms with E-state index in [2.05, 4.69) is 0 Å². The maximum absolute atomic E-state index is 14.0. The lowest BCUT2D eigenvalue weighted by molar-refractivity contribution is -0.203. The second kappa shape index (κ2) is 5.51. The highest BCUT2D eigenvalue weighted by Crippen LogP contribution is 2.25. The second-order valence-corrected chi connectivity index (χ2v) is 4.22. The van der Waals surface area contributed by atoms with E-state index in [-0.39, 0.29) is 25.4 Å². The molecule has 0 aromatic rings. The van der Waals surface area contributed by atoms with E-state index in [4.69, 9.17) is 18.9 Å². The van der Waals surface area contributed by atoms with Crippen LogP contribution in [0.3, 0.4) is 0 Å². The standard InChI is InChI=1S/C10H15F3O4/c11-9(12)1-10(13,17-5-8-4-16-8)6-14-2-7-3-15-7/h7-9H,1-6H2. The Hall–Kier alpha value is -0.370. The lowest BCUT2D eigenvalue weighted by Gasteiger charge is -2.24. The molecule has 0 N–H and O–H groups in total. The van der Waals surface area contributed by atoms with Crippen LogP contribution in [-0.2, 0) is 18.9 Å². The molecular weight excluding hydrogens is 241 g/mol. The van der Waals surface area contributed by atoms with Crippen molar-refractivity contribution in [2.45, 2.75) is 30.9 Å². The molecular formula is C10H15F3O4. The minimum atomic E-state index is -2.78. The van der Waals surface area contributed by atoms with Gasteiger partial charge in [0.15, 0.2) is 0 Å². The molecule has 2 aliphatic heterocycles. The van der Waals surface area contributed by atoms with Crippen molar-refractivity contribution < 1.29 is 32.1 Å². The summed E-state index contributed by atoms with van der Waals surface area (Å²) in [4.78, 5) is 0. The first-order valence-corrected chi connectivity index (χ1v) is 5.49. The Morgan fingerprint density at radius 3 is 2.29 bits per heavy atom. The topological polar surface area (TPSA) is 43.5 Å². The van der Waals surface area contributed by atoms with Crippen molar-refractivity contribution in [1.29, 1.82) is 0 Å². The Kier molecular flexibility index (Phi) is 4.24. The third kappa shape index (κ3) is 5.20. The first-order valence-electron chi connectivity index (χ1n) is 5.49. The summed E-state index contributed by atoms with van der Waals surface area (Å²) in [5, 5.41) is 0. The van der Waals surface area contributed by atoms with Gasteiger partial charge in [-0.2, -0.15) is 0 Å². The minimum absolute atomic E-state index is 0.0213. The number of hydrogen-bond donors (Lipinski definition) is 0. The summed E-state index contributed by atoms with van der Waals surface area (Å²) < 4.78 is 57.9. The molecule has 0 aromatic carbocycles. The second-order valence-electron chi connectivity index (χ2n) is 4.22. The van der Waals surface area contributed by atoms with Crippen molar-refractivity contribution in [3.8, 4) is 0 Å². The predicted octanol–water partition coefficient (Wildman–Crippen LogP) is 1.14. The van der Waals surface area contributed by atoms with Gasteiger partial charge in [-0.05, 0) is 0 Å². The van der Waals surface area contributed by atoms with Gasteiger partial charge in [0.05, 0.1) is 32.8 Å². The number of epoxide rings is 2. The van der Waals surface area contributed by atoms with Gasteiger partial charge in [0.25, 0.3) is 0 Å². The third-order valence-electron chi connectivity index (χ3n) is 2.41. The fourth-order valence-corrected chi connectivity index (χ4v) is 1.30. The van der Waals surface area contributed by atoms with Gasteiger partial charge in [0.2, 0.25) is 12.3 Å². The average molecular weight is 256 g/mol. The predicted molar refractivity (Wildman–Crippen MR) is 50.7 cm³/mol. The number of rotatable bonds is 9. The molecule has 4 nitrogen and oxygen atoms in total. The Morgan fingerprint density at radius 2 is 1.76 bits per heavy atom. The van der Waals surface area contributed by atoms with Gasteiger partial charge in [0.1, 0.15) is 18.8 Å². The highest BCUT2D eigenvalue weighted by atomic mass is 19.3. The first-order chi connectivity index (χ1) is 8.07. The molecule has 17 heavy (non-hydrogen) atoms. The molecule has 3 atom stereocenters. The normalized spacial score (nSPS) is 30.4. The molecule has 0 bridgehead atoms. The largest absolute Gasteiger partial charge is 0.373 e. The Bertz CT molecular complexity index is 246. The van der Waals surface area contributed by atoms with Gasteiger partial charge < -0.3 is 18.9 Å². The van der Waals surface area contributed by atoms with Crippen molar-refractivity contribution in [3.05, 3.63) is 0 Å². The third-order valence-corrected chi connectivity index (χ3v) is 2.41. The molecule has 0 saturated carbocycles.